The lowest BCUT2D eigenvalue weighted by molar-refractivity contribution is 0.188. The van der Waals surface area contributed by atoms with Crippen molar-refractivity contribution in [3.63, 3.8) is 0 Å². The fraction of sp³-hybridized carbons (Fsp3) is 0.429. The maximum Gasteiger partial charge on any atom is 0.318 e. The van der Waals surface area contributed by atoms with E-state index in [4.69, 9.17) is 0 Å². The van der Waals surface area contributed by atoms with Crippen LogP contribution in [0.15, 0.2) is 29.1 Å². The molecular weight excluding hydrogens is 386 g/mol. The van der Waals surface area contributed by atoms with Crippen molar-refractivity contribution in [1.82, 2.24) is 24.8 Å². The van der Waals surface area contributed by atoms with E-state index in [2.05, 4.69) is 27.5 Å². The molecule has 1 aliphatic heterocycles. The second-order valence-corrected chi connectivity index (χ2v) is 8.84. The molecule has 2 amide bonds. The lowest BCUT2D eigenvalue weighted by Crippen LogP contribution is -2.40. The summed E-state index contributed by atoms with van der Waals surface area (Å²) in [5, 5.41) is 8.53. The number of aromatic nitrogens is 3. The van der Waals surface area contributed by atoms with Crippen LogP contribution in [-0.2, 0) is 6.42 Å². The van der Waals surface area contributed by atoms with Crippen LogP contribution in [0.2, 0.25) is 0 Å². The van der Waals surface area contributed by atoms with E-state index in [0.29, 0.717) is 17.1 Å². The number of nitrogens with one attached hydrogen (secondary N) is 1. The van der Waals surface area contributed by atoms with Crippen molar-refractivity contribution in [2.75, 3.05) is 6.54 Å². The van der Waals surface area contributed by atoms with Crippen molar-refractivity contribution >= 4 is 22.3 Å². The van der Waals surface area contributed by atoms with E-state index in [1.54, 1.807) is 6.92 Å². The zero-order chi connectivity index (χ0) is 20.1. The predicted molar refractivity (Wildman–Crippen MR) is 111 cm³/mol. The molecule has 1 saturated heterocycles. The number of carbonyl (C=O) groups is 1. The van der Waals surface area contributed by atoms with Gasteiger partial charge < -0.3 is 10.2 Å². The van der Waals surface area contributed by atoms with Gasteiger partial charge in [0.25, 0.3) is 5.56 Å². The fourth-order valence-electron chi connectivity index (χ4n) is 4.38. The van der Waals surface area contributed by atoms with Gasteiger partial charge in [-0.25, -0.2) is 9.78 Å². The third-order valence-corrected chi connectivity index (χ3v) is 7.13. The minimum absolute atomic E-state index is 0.0545. The molecule has 29 heavy (non-hydrogen) atoms. The van der Waals surface area contributed by atoms with Crippen LogP contribution in [0, 0.1) is 13.8 Å². The van der Waals surface area contributed by atoms with Crippen LogP contribution in [0.1, 0.15) is 58.7 Å². The summed E-state index contributed by atoms with van der Waals surface area (Å²) in [5.74, 6) is 0. The lowest BCUT2D eigenvalue weighted by Gasteiger charge is -2.25. The Morgan fingerprint density at radius 2 is 2.07 bits per heavy atom. The number of hydrogen-bond donors (Lipinski definition) is 1. The number of hydrogen-bond acceptors (Lipinski definition) is 5. The maximum absolute atomic E-state index is 13.1. The molecule has 7 nitrogen and oxygen atoms in total. The summed E-state index contributed by atoms with van der Waals surface area (Å²) in [6, 6.07) is 8.20. The average molecular weight is 410 g/mol. The molecule has 8 heteroatoms. The van der Waals surface area contributed by atoms with Gasteiger partial charge in [-0.2, -0.15) is 9.61 Å². The van der Waals surface area contributed by atoms with Crippen molar-refractivity contribution in [3.8, 4) is 0 Å². The summed E-state index contributed by atoms with van der Waals surface area (Å²) in [6.07, 6.45) is 3.70. The molecule has 1 fully saturated rings. The summed E-state index contributed by atoms with van der Waals surface area (Å²) in [4.78, 5) is 32.6. The van der Waals surface area contributed by atoms with Gasteiger partial charge >= 0.3 is 6.03 Å². The molecule has 0 radical (unpaired) electrons. The Bertz CT molecular complexity index is 1170. The lowest BCUT2D eigenvalue weighted by atomic mass is 10.1. The zero-order valence-corrected chi connectivity index (χ0v) is 17.3. The van der Waals surface area contributed by atoms with Gasteiger partial charge in [-0.3, -0.25) is 4.79 Å². The highest BCUT2D eigenvalue weighted by atomic mass is 32.1. The highest BCUT2D eigenvalue weighted by Gasteiger charge is 2.35. The van der Waals surface area contributed by atoms with Crippen molar-refractivity contribution in [1.29, 1.82) is 0 Å². The summed E-state index contributed by atoms with van der Waals surface area (Å²) in [5.41, 5.74) is 3.74. The van der Waals surface area contributed by atoms with Crippen LogP contribution in [-0.4, -0.2) is 32.1 Å². The van der Waals surface area contributed by atoms with E-state index in [9.17, 15) is 9.59 Å². The van der Waals surface area contributed by atoms with Gasteiger partial charge in [0.15, 0.2) is 0 Å². The molecule has 0 bridgehead atoms. The van der Waals surface area contributed by atoms with Gasteiger partial charge in [0, 0.05) is 17.8 Å². The Morgan fingerprint density at radius 1 is 1.24 bits per heavy atom. The molecule has 0 spiro atoms. The summed E-state index contributed by atoms with van der Waals surface area (Å²) in [7, 11) is 0. The number of rotatable bonds is 2. The smallest absolute Gasteiger partial charge is 0.318 e. The number of fused-ring (bicyclic) bond motifs is 2. The van der Waals surface area contributed by atoms with Gasteiger partial charge in [-0.1, -0.05) is 35.6 Å². The van der Waals surface area contributed by atoms with Gasteiger partial charge in [-0.15, -0.1) is 0 Å². The normalized spacial score (nSPS) is 21.0. The van der Waals surface area contributed by atoms with E-state index in [1.165, 1.54) is 27.0 Å². The van der Waals surface area contributed by atoms with Gasteiger partial charge in [0.05, 0.1) is 12.1 Å². The standard InChI is InChI=1S/C21H23N5O2S/c1-12-13(2)22-21-26(19(12)27)24-18(29-21)17-8-5-11-25(17)20(28)23-16-10-9-14-6-3-4-7-15(14)16/h3-4,6-7,16-17H,5,8-11H2,1-2H3,(H,23,28)/t16-,17?/m1/s1. The van der Waals surface area contributed by atoms with Gasteiger partial charge in [-0.05, 0) is 50.7 Å². The Morgan fingerprint density at radius 3 is 2.93 bits per heavy atom. The van der Waals surface area contributed by atoms with E-state index in [-0.39, 0.29) is 23.7 Å². The van der Waals surface area contributed by atoms with Crippen LogP contribution in [0.4, 0.5) is 4.79 Å². The Kier molecular flexibility index (Phi) is 4.38. The molecule has 1 N–H and O–H groups in total. The van der Waals surface area contributed by atoms with Crippen LogP contribution < -0.4 is 10.9 Å². The number of aryl methyl sites for hydroxylation is 2. The first-order valence-electron chi connectivity index (χ1n) is 10.0. The topological polar surface area (TPSA) is 79.6 Å². The Labute approximate surface area is 172 Å². The predicted octanol–water partition coefficient (Wildman–Crippen LogP) is 3.30. The van der Waals surface area contributed by atoms with Gasteiger partial charge in [0.2, 0.25) is 4.96 Å². The Hall–Kier alpha value is -2.74. The molecule has 1 aliphatic carbocycles. The highest BCUT2D eigenvalue weighted by molar-refractivity contribution is 7.16. The molecular formula is C21H23N5O2S. The fourth-order valence-corrected chi connectivity index (χ4v) is 5.47. The third-order valence-electron chi connectivity index (χ3n) is 6.12. The minimum Gasteiger partial charge on any atom is -0.331 e. The van der Waals surface area contributed by atoms with Crippen molar-refractivity contribution in [2.24, 2.45) is 0 Å². The quantitative estimate of drug-likeness (QED) is 0.704. The summed E-state index contributed by atoms with van der Waals surface area (Å²) >= 11 is 1.40. The zero-order valence-electron chi connectivity index (χ0n) is 16.5. The molecule has 3 heterocycles. The average Bonchev–Trinajstić information content (AvgIpc) is 3.44. The molecule has 2 aromatic heterocycles. The molecule has 2 atom stereocenters. The minimum atomic E-state index is -0.133. The number of nitrogens with zero attached hydrogens (tertiary/aromatic N) is 4. The second-order valence-electron chi connectivity index (χ2n) is 7.85. The van der Waals surface area contributed by atoms with Crippen LogP contribution in [0.25, 0.3) is 4.96 Å². The summed E-state index contributed by atoms with van der Waals surface area (Å²) < 4.78 is 1.38. The summed E-state index contributed by atoms with van der Waals surface area (Å²) in [6.45, 7) is 4.30. The molecule has 2 aliphatic rings. The first-order chi connectivity index (χ1) is 14.0. The van der Waals surface area contributed by atoms with Crippen molar-refractivity contribution < 1.29 is 4.79 Å². The van der Waals surface area contributed by atoms with Crippen LogP contribution in [0.3, 0.4) is 0 Å². The van der Waals surface area contributed by atoms with Crippen molar-refractivity contribution in [2.45, 2.75) is 51.6 Å². The van der Waals surface area contributed by atoms with Crippen LogP contribution >= 0.6 is 11.3 Å². The number of likely N-dealkylation sites (tertiary alicyclic amines) is 1. The number of benzene rings is 1. The second kappa shape index (κ2) is 6.95. The molecule has 5 rings (SSSR count). The van der Waals surface area contributed by atoms with E-state index >= 15 is 0 Å². The highest BCUT2D eigenvalue weighted by Crippen LogP contribution is 2.36. The molecule has 0 saturated carbocycles. The largest absolute Gasteiger partial charge is 0.331 e. The van der Waals surface area contributed by atoms with Crippen LogP contribution in [0.5, 0.6) is 0 Å². The first-order valence-corrected chi connectivity index (χ1v) is 10.9. The monoisotopic (exact) mass is 409 g/mol. The molecule has 1 aromatic carbocycles. The van der Waals surface area contributed by atoms with E-state index in [1.807, 2.05) is 24.0 Å². The Balaban J connectivity index is 1.40. The molecule has 150 valence electrons. The third kappa shape index (κ3) is 3.02. The van der Waals surface area contributed by atoms with Crippen molar-refractivity contribution in [3.05, 3.63) is 62.0 Å². The SMILES string of the molecule is Cc1nc2sc(C3CCCN3C(=O)N[C@@H]3CCc4ccccc43)nn2c(=O)c1C. The number of amides is 2. The van der Waals surface area contributed by atoms with E-state index in [0.717, 1.165) is 36.4 Å². The number of carbonyl (C=O) groups excluding carboxylic acids is 1. The molecule has 3 aromatic rings. The maximum atomic E-state index is 13.1. The molecule has 1 unspecified atom stereocenters. The number of urea groups is 1. The van der Waals surface area contributed by atoms with E-state index < -0.39 is 0 Å². The first kappa shape index (κ1) is 18.3. The van der Waals surface area contributed by atoms with Gasteiger partial charge in [0.1, 0.15) is 5.01 Å².